The second kappa shape index (κ2) is 6.91. The molecule has 0 saturated heterocycles. The van der Waals surface area contributed by atoms with Gasteiger partial charge in [-0.2, -0.15) is 0 Å². The predicted octanol–water partition coefficient (Wildman–Crippen LogP) is 4.58. The van der Waals surface area contributed by atoms with Crippen LogP contribution in [0.25, 0.3) is 11.1 Å². The SMILES string of the molecule is C=CCCNC(C)c1ccc(-c2ccccc2)cc1. The zero-order valence-corrected chi connectivity index (χ0v) is 11.5. The van der Waals surface area contributed by atoms with Crippen molar-refractivity contribution in [3.8, 4) is 11.1 Å². The summed E-state index contributed by atoms with van der Waals surface area (Å²) in [6.07, 6.45) is 2.95. The number of benzene rings is 2. The molecule has 2 aromatic carbocycles. The van der Waals surface area contributed by atoms with Crippen LogP contribution in [-0.4, -0.2) is 6.54 Å². The average Bonchev–Trinajstić information content (AvgIpc) is 2.48. The number of hydrogen-bond acceptors (Lipinski definition) is 1. The molecule has 0 aromatic heterocycles. The summed E-state index contributed by atoms with van der Waals surface area (Å²) in [6, 6.07) is 19.6. The number of rotatable bonds is 6. The van der Waals surface area contributed by atoms with Gasteiger partial charge in [0.2, 0.25) is 0 Å². The van der Waals surface area contributed by atoms with Crippen molar-refractivity contribution in [1.29, 1.82) is 0 Å². The van der Waals surface area contributed by atoms with Crippen molar-refractivity contribution in [2.75, 3.05) is 6.54 Å². The van der Waals surface area contributed by atoms with Crippen molar-refractivity contribution < 1.29 is 0 Å². The zero-order chi connectivity index (χ0) is 13.5. The molecule has 0 amide bonds. The Labute approximate surface area is 116 Å². The van der Waals surface area contributed by atoms with Gasteiger partial charge in [0.25, 0.3) is 0 Å². The third kappa shape index (κ3) is 3.80. The van der Waals surface area contributed by atoms with Gasteiger partial charge in [-0.15, -0.1) is 6.58 Å². The van der Waals surface area contributed by atoms with Gasteiger partial charge in [0, 0.05) is 6.04 Å². The van der Waals surface area contributed by atoms with Crippen LogP contribution in [0.2, 0.25) is 0 Å². The molecule has 0 saturated carbocycles. The molecule has 1 nitrogen and oxygen atoms in total. The van der Waals surface area contributed by atoms with Gasteiger partial charge in [-0.25, -0.2) is 0 Å². The second-order valence-electron chi connectivity index (χ2n) is 4.74. The Hall–Kier alpha value is -1.86. The topological polar surface area (TPSA) is 12.0 Å². The van der Waals surface area contributed by atoms with Crippen molar-refractivity contribution in [3.05, 3.63) is 72.8 Å². The fraction of sp³-hybridized carbons (Fsp3) is 0.222. The van der Waals surface area contributed by atoms with Crippen LogP contribution in [0.1, 0.15) is 24.9 Å². The van der Waals surface area contributed by atoms with E-state index in [1.165, 1.54) is 16.7 Å². The van der Waals surface area contributed by atoms with Crippen LogP contribution < -0.4 is 5.32 Å². The summed E-state index contributed by atoms with van der Waals surface area (Å²) in [4.78, 5) is 0. The van der Waals surface area contributed by atoms with Crippen molar-refractivity contribution in [2.45, 2.75) is 19.4 Å². The standard InChI is InChI=1S/C18H21N/c1-3-4-14-19-15(2)16-10-12-18(13-11-16)17-8-6-5-7-9-17/h3,5-13,15,19H,1,4,14H2,2H3. The van der Waals surface area contributed by atoms with E-state index in [0.717, 1.165) is 13.0 Å². The molecule has 1 unspecified atom stereocenters. The molecule has 0 aliphatic carbocycles. The van der Waals surface area contributed by atoms with Gasteiger partial charge in [-0.05, 0) is 36.6 Å². The molecular weight excluding hydrogens is 230 g/mol. The maximum atomic E-state index is 3.74. The zero-order valence-electron chi connectivity index (χ0n) is 11.5. The lowest BCUT2D eigenvalue weighted by molar-refractivity contribution is 0.581. The van der Waals surface area contributed by atoms with Crippen LogP contribution in [0.5, 0.6) is 0 Å². The maximum Gasteiger partial charge on any atom is 0.0291 e. The van der Waals surface area contributed by atoms with Crippen LogP contribution in [0.3, 0.4) is 0 Å². The van der Waals surface area contributed by atoms with Crippen LogP contribution in [-0.2, 0) is 0 Å². The van der Waals surface area contributed by atoms with Crippen LogP contribution in [0, 0.1) is 0 Å². The molecule has 2 rings (SSSR count). The molecule has 0 radical (unpaired) electrons. The normalized spacial score (nSPS) is 12.1. The first-order chi connectivity index (χ1) is 9.31. The van der Waals surface area contributed by atoms with Crippen LogP contribution >= 0.6 is 0 Å². The summed E-state index contributed by atoms with van der Waals surface area (Å²) < 4.78 is 0. The smallest absolute Gasteiger partial charge is 0.0291 e. The molecule has 98 valence electrons. The summed E-state index contributed by atoms with van der Waals surface area (Å²) >= 11 is 0. The summed E-state index contributed by atoms with van der Waals surface area (Å²) in [7, 11) is 0. The molecular formula is C18H21N. The van der Waals surface area contributed by atoms with Gasteiger partial charge in [-0.3, -0.25) is 0 Å². The highest BCUT2D eigenvalue weighted by Gasteiger charge is 2.04. The highest BCUT2D eigenvalue weighted by molar-refractivity contribution is 5.63. The lowest BCUT2D eigenvalue weighted by atomic mass is 10.0. The summed E-state index contributed by atoms with van der Waals surface area (Å²) in [5.74, 6) is 0. The average molecular weight is 251 g/mol. The van der Waals surface area contributed by atoms with Crippen molar-refractivity contribution >= 4 is 0 Å². The van der Waals surface area contributed by atoms with Gasteiger partial charge in [0.05, 0.1) is 0 Å². The number of hydrogen-bond donors (Lipinski definition) is 1. The van der Waals surface area contributed by atoms with E-state index in [0.29, 0.717) is 6.04 Å². The molecule has 0 heterocycles. The van der Waals surface area contributed by atoms with Crippen molar-refractivity contribution in [3.63, 3.8) is 0 Å². The maximum absolute atomic E-state index is 3.74. The molecule has 19 heavy (non-hydrogen) atoms. The van der Waals surface area contributed by atoms with E-state index in [2.05, 4.69) is 67.4 Å². The third-order valence-electron chi connectivity index (χ3n) is 3.32. The van der Waals surface area contributed by atoms with Gasteiger partial charge >= 0.3 is 0 Å². The monoisotopic (exact) mass is 251 g/mol. The molecule has 0 spiro atoms. The molecule has 0 aliphatic heterocycles. The fourth-order valence-electron chi connectivity index (χ4n) is 2.11. The minimum Gasteiger partial charge on any atom is -0.310 e. The van der Waals surface area contributed by atoms with Gasteiger partial charge in [0.1, 0.15) is 0 Å². The van der Waals surface area contributed by atoms with Gasteiger partial charge in [0.15, 0.2) is 0 Å². The quantitative estimate of drug-likeness (QED) is 0.585. The van der Waals surface area contributed by atoms with Crippen LogP contribution in [0.4, 0.5) is 0 Å². The van der Waals surface area contributed by atoms with Gasteiger partial charge < -0.3 is 5.32 Å². The van der Waals surface area contributed by atoms with Crippen LogP contribution in [0.15, 0.2) is 67.3 Å². The van der Waals surface area contributed by atoms with E-state index >= 15 is 0 Å². The summed E-state index contributed by atoms with van der Waals surface area (Å²) in [5.41, 5.74) is 3.85. The van der Waals surface area contributed by atoms with E-state index < -0.39 is 0 Å². The molecule has 1 heteroatoms. The Bertz CT molecular complexity index is 499. The Morgan fingerprint density at radius 1 is 1.00 bits per heavy atom. The Kier molecular flexibility index (Phi) is 4.93. The first-order valence-corrected chi connectivity index (χ1v) is 6.81. The summed E-state index contributed by atoms with van der Waals surface area (Å²) in [6.45, 7) is 6.91. The first-order valence-electron chi connectivity index (χ1n) is 6.81. The molecule has 0 aliphatic rings. The first kappa shape index (κ1) is 13.6. The fourth-order valence-corrected chi connectivity index (χ4v) is 2.11. The molecule has 2 aromatic rings. The third-order valence-corrected chi connectivity index (χ3v) is 3.32. The van der Waals surface area contributed by atoms with E-state index in [4.69, 9.17) is 0 Å². The Balaban J connectivity index is 2.04. The van der Waals surface area contributed by atoms with E-state index in [1.54, 1.807) is 0 Å². The van der Waals surface area contributed by atoms with E-state index in [1.807, 2.05) is 12.1 Å². The van der Waals surface area contributed by atoms with Gasteiger partial charge in [-0.1, -0.05) is 60.7 Å². The molecule has 0 bridgehead atoms. The highest BCUT2D eigenvalue weighted by atomic mass is 14.9. The molecule has 1 N–H and O–H groups in total. The Morgan fingerprint density at radius 2 is 1.63 bits per heavy atom. The van der Waals surface area contributed by atoms with Crippen molar-refractivity contribution in [2.24, 2.45) is 0 Å². The predicted molar refractivity (Wildman–Crippen MR) is 83.1 cm³/mol. The number of nitrogens with one attached hydrogen (secondary N) is 1. The van der Waals surface area contributed by atoms with Crippen molar-refractivity contribution in [1.82, 2.24) is 5.32 Å². The minimum atomic E-state index is 0.379. The van der Waals surface area contributed by atoms with E-state index in [9.17, 15) is 0 Å². The molecule has 1 atom stereocenters. The summed E-state index contributed by atoms with van der Waals surface area (Å²) in [5, 5.41) is 3.49. The molecule has 0 fully saturated rings. The highest BCUT2D eigenvalue weighted by Crippen LogP contribution is 2.21. The Morgan fingerprint density at radius 3 is 2.26 bits per heavy atom. The lowest BCUT2D eigenvalue weighted by Crippen LogP contribution is -2.19. The largest absolute Gasteiger partial charge is 0.310 e. The van der Waals surface area contributed by atoms with E-state index in [-0.39, 0.29) is 0 Å². The minimum absolute atomic E-state index is 0.379. The second-order valence-corrected chi connectivity index (χ2v) is 4.74. The lowest BCUT2D eigenvalue weighted by Gasteiger charge is -2.14.